The lowest BCUT2D eigenvalue weighted by Crippen LogP contribution is -2.40. The number of nitrogens with one attached hydrogen (secondary N) is 1. The van der Waals surface area contributed by atoms with Gasteiger partial charge in [-0.1, -0.05) is 23.7 Å². The molecule has 1 saturated heterocycles. The summed E-state index contributed by atoms with van der Waals surface area (Å²) < 4.78 is 5.17. The summed E-state index contributed by atoms with van der Waals surface area (Å²) in [4.78, 5) is 9.57. The zero-order chi connectivity index (χ0) is 18.8. The molecule has 2 rings (SSSR count). The van der Waals surface area contributed by atoms with E-state index in [1.54, 1.807) is 7.11 Å². The summed E-state index contributed by atoms with van der Waals surface area (Å²) in [5.74, 6) is 1.65. The third-order valence-electron chi connectivity index (χ3n) is 4.85. The number of hydrogen-bond acceptors (Lipinski definition) is 3. The first kappa shape index (κ1) is 24.5. The molecule has 1 N–H and O–H groups in total. The molecule has 1 fully saturated rings. The van der Waals surface area contributed by atoms with Crippen LogP contribution in [0.5, 0.6) is 0 Å². The number of halogens is 2. The lowest BCUT2D eigenvalue weighted by Gasteiger charge is -2.31. The lowest BCUT2D eigenvalue weighted by atomic mass is 9.97. The molecule has 1 heterocycles. The number of benzene rings is 1. The Morgan fingerprint density at radius 3 is 2.56 bits per heavy atom. The maximum absolute atomic E-state index is 5.97. The fourth-order valence-corrected chi connectivity index (χ4v) is 3.36. The van der Waals surface area contributed by atoms with Crippen LogP contribution in [0.4, 0.5) is 0 Å². The zero-order valence-corrected chi connectivity index (χ0v) is 19.9. The van der Waals surface area contributed by atoms with Gasteiger partial charge in [0.15, 0.2) is 5.96 Å². The fourth-order valence-electron chi connectivity index (χ4n) is 3.24. The van der Waals surface area contributed by atoms with Gasteiger partial charge in [0.25, 0.3) is 0 Å². The predicted molar refractivity (Wildman–Crippen MR) is 125 cm³/mol. The number of guanidine groups is 1. The summed E-state index contributed by atoms with van der Waals surface area (Å²) in [5, 5.41) is 4.19. The Labute approximate surface area is 186 Å². The standard InChI is InChI=1S/C20H33ClN4O.HI/c1-4-22-20(24(2)16-18-5-7-19(21)8-6-18)23-15-17-9-11-25(12-10-17)13-14-26-3;/h5-8,17H,4,9-16H2,1-3H3,(H,22,23);1H. The summed E-state index contributed by atoms with van der Waals surface area (Å²) in [6.07, 6.45) is 2.43. The van der Waals surface area contributed by atoms with Gasteiger partial charge in [0.1, 0.15) is 0 Å². The highest BCUT2D eigenvalue weighted by molar-refractivity contribution is 14.0. The molecule has 0 saturated carbocycles. The number of likely N-dealkylation sites (tertiary alicyclic amines) is 1. The molecule has 154 valence electrons. The largest absolute Gasteiger partial charge is 0.383 e. The smallest absolute Gasteiger partial charge is 0.193 e. The van der Waals surface area contributed by atoms with Crippen molar-refractivity contribution in [2.45, 2.75) is 26.3 Å². The van der Waals surface area contributed by atoms with Crippen LogP contribution in [0.15, 0.2) is 29.3 Å². The van der Waals surface area contributed by atoms with Crippen LogP contribution in [0, 0.1) is 5.92 Å². The van der Waals surface area contributed by atoms with E-state index in [1.807, 2.05) is 12.1 Å². The van der Waals surface area contributed by atoms with Crippen LogP contribution < -0.4 is 5.32 Å². The third-order valence-corrected chi connectivity index (χ3v) is 5.10. The van der Waals surface area contributed by atoms with Crippen molar-refractivity contribution in [3.05, 3.63) is 34.9 Å². The van der Waals surface area contributed by atoms with Crippen LogP contribution in [-0.4, -0.2) is 69.2 Å². The van der Waals surface area contributed by atoms with E-state index in [0.29, 0.717) is 5.92 Å². The lowest BCUT2D eigenvalue weighted by molar-refractivity contribution is 0.121. The van der Waals surface area contributed by atoms with E-state index in [-0.39, 0.29) is 24.0 Å². The predicted octanol–water partition coefficient (Wildman–Crippen LogP) is 3.71. The van der Waals surface area contributed by atoms with E-state index in [4.69, 9.17) is 21.3 Å². The number of ether oxygens (including phenoxy) is 1. The van der Waals surface area contributed by atoms with Crippen molar-refractivity contribution < 1.29 is 4.74 Å². The molecule has 1 aromatic rings. The molecule has 0 amide bonds. The first-order chi connectivity index (χ1) is 12.6. The number of hydrogen-bond donors (Lipinski definition) is 1. The van der Waals surface area contributed by atoms with Gasteiger partial charge in [-0.3, -0.25) is 4.99 Å². The second kappa shape index (κ2) is 13.6. The molecular formula is C20H34ClIN4O. The van der Waals surface area contributed by atoms with Gasteiger partial charge in [0.05, 0.1) is 6.61 Å². The minimum Gasteiger partial charge on any atom is -0.383 e. The Bertz CT molecular complexity index is 547. The molecule has 1 aromatic carbocycles. The molecule has 1 aliphatic heterocycles. The molecule has 7 heteroatoms. The van der Waals surface area contributed by atoms with Crippen molar-refractivity contribution in [1.29, 1.82) is 0 Å². The first-order valence-electron chi connectivity index (χ1n) is 9.57. The number of nitrogens with zero attached hydrogens (tertiary/aromatic N) is 3. The fraction of sp³-hybridized carbons (Fsp3) is 0.650. The molecule has 0 atom stereocenters. The maximum atomic E-state index is 5.97. The van der Waals surface area contributed by atoms with Crippen molar-refractivity contribution in [3.63, 3.8) is 0 Å². The molecule has 5 nitrogen and oxygen atoms in total. The first-order valence-corrected chi connectivity index (χ1v) is 9.95. The molecule has 0 aliphatic carbocycles. The normalized spacial score (nSPS) is 16.1. The molecule has 0 unspecified atom stereocenters. The van der Waals surface area contributed by atoms with Crippen molar-refractivity contribution in [1.82, 2.24) is 15.1 Å². The quantitative estimate of drug-likeness (QED) is 0.330. The van der Waals surface area contributed by atoms with Crippen molar-refractivity contribution >= 4 is 41.5 Å². The van der Waals surface area contributed by atoms with Gasteiger partial charge >= 0.3 is 0 Å². The number of aliphatic imine (C=N–C) groups is 1. The Morgan fingerprint density at radius 1 is 1.30 bits per heavy atom. The van der Waals surface area contributed by atoms with Crippen LogP contribution in [-0.2, 0) is 11.3 Å². The van der Waals surface area contributed by atoms with Crippen molar-refractivity contribution in [2.75, 3.05) is 53.5 Å². The van der Waals surface area contributed by atoms with Gasteiger partial charge < -0.3 is 19.9 Å². The summed E-state index contributed by atoms with van der Waals surface area (Å²) in [5.41, 5.74) is 1.23. The summed E-state index contributed by atoms with van der Waals surface area (Å²) in [6.45, 7) is 8.87. The number of methoxy groups -OCH3 is 1. The highest BCUT2D eigenvalue weighted by atomic mass is 127. The SMILES string of the molecule is CCNC(=NCC1CCN(CCOC)CC1)N(C)Cc1ccc(Cl)cc1.I. The van der Waals surface area contributed by atoms with E-state index in [1.165, 1.54) is 18.4 Å². The van der Waals surface area contributed by atoms with Gasteiger partial charge in [0, 0.05) is 45.4 Å². The Kier molecular flexibility index (Phi) is 12.3. The number of rotatable bonds is 8. The third kappa shape index (κ3) is 8.98. The molecule has 0 aromatic heterocycles. The van der Waals surface area contributed by atoms with E-state index >= 15 is 0 Å². The molecule has 0 radical (unpaired) electrons. The Hall–Kier alpha value is -0.570. The highest BCUT2D eigenvalue weighted by Gasteiger charge is 2.19. The minimum atomic E-state index is 0. The summed E-state index contributed by atoms with van der Waals surface area (Å²) in [6, 6.07) is 8.01. The van der Waals surface area contributed by atoms with E-state index in [9.17, 15) is 0 Å². The van der Waals surface area contributed by atoms with E-state index in [2.05, 4.69) is 41.2 Å². The van der Waals surface area contributed by atoms with Crippen molar-refractivity contribution in [3.8, 4) is 0 Å². The minimum absolute atomic E-state index is 0. The van der Waals surface area contributed by atoms with Gasteiger partial charge in [0.2, 0.25) is 0 Å². The molecule has 0 spiro atoms. The van der Waals surface area contributed by atoms with Crippen LogP contribution in [0.3, 0.4) is 0 Å². The second-order valence-electron chi connectivity index (χ2n) is 6.95. The number of piperidine rings is 1. The van der Waals surface area contributed by atoms with Gasteiger partial charge in [-0.05, 0) is 56.5 Å². The average molecular weight is 509 g/mol. The molecular weight excluding hydrogens is 475 g/mol. The van der Waals surface area contributed by atoms with E-state index < -0.39 is 0 Å². The maximum Gasteiger partial charge on any atom is 0.193 e. The second-order valence-corrected chi connectivity index (χ2v) is 7.39. The monoisotopic (exact) mass is 508 g/mol. The van der Waals surface area contributed by atoms with Crippen LogP contribution in [0.2, 0.25) is 5.02 Å². The average Bonchev–Trinajstić information content (AvgIpc) is 2.66. The van der Waals surface area contributed by atoms with E-state index in [0.717, 1.165) is 56.9 Å². The summed E-state index contributed by atoms with van der Waals surface area (Å²) in [7, 11) is 3.85. The molecule has 0 bridgehead atoms. The Morgan fingerprint density at radius 2 is 1.96 bits per heavy atom. The molecule has 1 aliphatic rings. The topological polar surface area (TPSA) is 40.1 Å². The van der Waals surface area contributed by atoms with Crippen molar-refractivity contribution in [2.24, 2.45) is 10.9 Å². The molecule has 27 heavy (non-hydrogen) atoms. The van der Waals surface area contributed by atoms with Crippen LogP contribution in [0.1, 0.15) is 25.3 Å². The van der Waals surface area contributed by atoms with Gasteiger partial charge in [-0.15, -0.1) is 24.0 Å². The van der Waals surface area contributed by atoms with Gasteiger partial charge in [-0.2, -0.15) is 0 Å². The van der Waals surface area contributed by atoms with Gasteiger partial charge in [-0.25, -0.2) is 0 Å². The Balaban J connectivity index is 0.00000364. The zero-order valence-electron chi connectivity index (χ0n) is 16.8. The van der Waals surface area contributed by atoms with Crippen LogP contribution in [0.25, 0.3) is 0 Å². The summed E-state index contributed by atoms with van der Waals surface area (Å²) >= 11 is 5.97. The highest BCUT2D eigenvalue weighted by Crippen LogP contribution is 2.17. The van der Waals surface area contributed by atoms with Crippen LogP contribution >= 0.6 is 35.6 Å².